The van der Waals surface area contributed by atoms with Crippen molar-refractivity contribution in [1.82, 2.24) is 9.55 Å². The molecule has 3 fully saturated rings. The van der Waals surface area contributed by atoms with Gasteiger partial charge in [-0.2, -0.15) is 19.3 Å². The van der Waals surface area contributed by atoms with Crippen LogP contribution in [0.2, 0.25) is 0 Å². The number of aromatic nitrogens is 2. The van der Waals surface area contributed by atoms with Gasteiger partial charge in [0.15, 0.2) is 0 Å². The first kappa shape index (κ1) is 125. The molecule has 544 valence electrons. The van der Waals surface area contributed by atoms with Gasteiger partial charge in [-0.05, 0) is 112 Å². The zero-order chi connectivity index (χ0) is 63.6. The summed E-state index contributed by atoms with van der Waals surface area (Å²) < 4.78 is 35.3. The summed E-state index contributed by atoms with van der Waals surface area (Å²) in [7, 11) is 0. The smallest absolute Gasteiger partial charge is 0.122 e. The molecule has 0 saturated carbocycles. The minimum Gasteiger partial charge on any atom is -0.493 e. The summed E-state index contributed by atoms with van der Waals surface area (Å²) in [5, 5.41) is 47.4. The number of allylic oxidation sites excluding steroid dienone is 1. The van der Waals surface area contributed by atoms with Crippen molar-refractivity contribution in [3.63, 3.8) is 0 Å². The van der Waals surface area contributed by atoms with E-state index in [0.29, 0.717) is 31.7 Å². The number of imidazole rings is 1. The van der Waals surface area contributed by atoms with Crippen LogP contribution in [0.3, 0.4) is 0 Å². The van der Waals surface area contributed by atoms with Crippen molar-refractivity contribution in [3.8, 4) is 11.5 Å². The number of aliphatic hydroxyl groups is 5. The van der Waals surface area contributed by atoms with Crippen LogP contribution in [0.1, 0.15) is 195 Å². The molecule has 7 rings (SSSR count). The van der Waals surface area contributed by atoms with E-state index in [2.05, 4.69) is 125 Å². The van der Waals surface area contributed by atoms with Gasteiger partial charge in [0.25, 0.3) is 0 Å². The quantitative estimate of drug-likeness (QED) is 0.0381. The molecule has 4 aliphatic rings. The summed E-state index contributed by atoms with van der Waals surface area (Å²) in [6.45, 7) is 47.8. The van der Waals surface area contributed by atoms with Crippen molar-refractivity contribution in [1.29, 1.82) is 0 Å². The maximum atomic E-state index is 9.59. The summed E-state index contributed by atoms with van der Waals surface area (Å²) in [5.41, 5.74) is 3.71. The maximum Gasteiger partial charge on any atom is 0.122 e. The third-order valence-electron chi connectivity index (χ3n) is 14.8. The van der Waals surface area contributed by atoms with E-state index >= 15 is 0 Å². The molecule has 1 aromatic heterocycles. The number of aryl methyl sites for hydroxylation is 2. The van der Waals surface area contributed by atoms with Gasteiger partial charge in [0.1, 0.15) is 35.9 Å². The van der Waals surface area contributed by atoms with Crippen molar-refractivity contribution < 1.29 is 332 Å². The van der Waals surface area contributed by atoms with Gasteiger partial charge in [0, 0.05) is 290 Å². The molecule has 5 N–H and O–H groups in total. The van der Waals surface area contributed by atoms with Gasteiger partial charge in [-0.15, -0.1) is 0 Å². The van der Waals surface area contributed by atoms with E-state index < -0.39 is 30.5 Å². The van der Waals surface area contributed by atoms with Gasteiger partial charge in [0.2, 0.25) is 0 Å². The van der Waals surface area contributed by atoms with E-state index in [1.165, 1.54) is 49.8 Å². The Hall–Kier alpha value is 5.47. The molecule has 0 aliphatic carbocycles. The topological polar surface area (TPSA) is 174 Å². The maximum absolute atomic E-state index is 9.59. The zero-order valence-electron chi connectivity index (χ0n) is 59.5. The molecule has 3 saturated heterocycles. The van der Waals surface area contributed by atoms with Crippen molar-refractivity contribution in [2.75, 3.05) is 13.2 Å². The third-order valence-corrected chi connectivity index (χ3v) is 14.8. The summed E-state index contributed by atoms with van der Waals surface area (Å²) in [6.07, 6.45) is 28.2. The molecular weight excluding hydrogens is 2710 g/mol. The van der Waals surface area contributed by atoms with Crippen molar-refractivity contribution in [3.05, 3.63) is 151 Å². The Labute approximate surface area is 787 Å². The number of ether oxygens (including phenoxy) is 6. The number of hydrogen-bond acceptors (Lipinski definition) is 12. The molecule has 96 heavy (non-hydrogen) atoms. The van der Waals surface area contributed by atoms with Crippen LogP contribution in [-0.4, -0.2) is 128 Å². The van der Waals surface area contributed by atoms with Crippen molar-refractivity contribution >= 4 is 0 Å². The summed E-state index contributed by atoms with van der Waals surface area (Å²) in [6, 6.07) is 16.0. The fraction of sp³-hybridized carbons (Fsp3) is 0.639. The molecule has 1 unspecified atom stereocenters. The Morgan fingerprint density at radius 3 is 1.59 bits per heavy atom. The van der Waals surface area contributed by atoms with E-state index in [1.807, 2.05) is 74.9 Å². The summed E-state index contributed by atoms with van der Waals surface area (Å²) >= 11 is 0. The number of nitrogens with zero attached hydrogens (tertiary/aromatic N) is 2. The minimum absolute atomic E-state index is 0. The normalized spacial score (nSPS) is 22.2. The van der Waals surface area contributed by atoms with Crippen LogP contribution in [0.25, 0.3) is 0 Å². The van der Waals surface area contributed by atoms with Gasteiger partial charge in [-0.3, -0.25) is 0 Å². The molecule has 0 bridgehead atoms. The van der Waals surface area contributed by atoms with Gasteiger partial charge in [-0.25, -0.2) is 24.1 Å². The molecule has 13 nitrogen and oxygen atoms in total. The molecular formula is C72H119N2O11W7Y4-7. The first-order chi connectivity index (χ1) is 40.8. The zero-order valence-corrected chi connectivity index (χ0v) is 91.4. The molecule has 0 spiro atoms. The third kappa shape index (κ3) is 54.1. The second-order valence-electron chi connectivity index (χ2n) is 22.9. The Morgan fingerprint density at radius 1 is 0.625 bits per heavy atom. The first-order valence-electron chi connectivity index (χ1n) is 32.2. The minimum atomic E-state index is -0.763. The van der Waals surface area contributed by atoms with Crippen LogP contribution in [0, 0.1) is 48.5 Å². The SMILES string of the molecule is [CH2-]C(O)Cc1ccccc1OCCC.[CH2-]C=CC[C@@H]1O[C@H](CC)[C@@H](O)[C@H]1O.[CH2-]CC(C)(C)c1ccccc1OCCC.[CH2-]CCC[C@@H]1O[C@H](CC)[C@@H](O)[C@H]1O.[CH2-]CCn1cncc1CCCC.[CH2-][C@@H]1C=C[C@H](CCC)O1.[CH2-][C@@H]1CC[C@H](CCC)O1.[W].[W].[W].[W].[W].[W].[W].[Y].[Y].[Y].[Y]. The molecule has 4 radical (unpaired) electrons. The number of para-hydroxylation sites is 2. The Balaban J connectivity index is -0.0000000962. The van der Waals surface area contributed by atoms with E-state index in [1.54, 1.807) is 6.08 Å². The van der Waals surface area contributed by atoms with Gasteiger partial charge in [0.05, 0.1) is 56.2 Å². The largest absolute Gasteiger partial charge is 0.493 e. The molecule has 4 aliphatic heterocycles. The predicted molar refractivity (Wildman–Crippen MR) is 350 cm³/mol. The Kier molecular flexibility index (Phi) is 102. The number of unbranched alkanes of at least 4 members (excludes halogenated alkanes) is 2. The van der Waals surface area contributed by atoms with Crippen molar-refractivity contribution in [2.24, 2.45) is 0 Å². The van der Waals surface area contributed by atoms with Gasteiger partial charge < -0.3 is 100 Å². The molecule has 3 aromatic rings. The van der Waals surface area contributed by atoms with Crippen LogP contribution in [0.5, 0.6) is 11.5 Å². The number of aliphatic hydroxyl groups excluding tert-OH is 5. The van der Waals surface area contributed by atoms with Crippen LogP contribution in [0.4, 0.5) is 0 Å². The van der Waals surface area contributed by atoms with Crippen LogP contribution >= 0.6 is 0 Å². The molecule has 0 amide bonds. The van der Waals surface area contributed by atoms with E-state index in [-0.39, 0.29) is 320 Å². The molecule has 24 heteroatoms. The number of benzene rings is 2. The Morgan fingerprint density at radius 2 is 1.15 bits per heavy atom. The van der Waals surface area contributed by atoms with Gasteiger partial charge in [-0.1, -0.05) is 162 Å². The van der Waals surface area contributed by atoms with Crippen LogP contribution < -0.4 is 9.47 Å². The molecule has 2 aromatic carbocycles. The Bertz CT molecular complexity index is 2170. The standard InChI is InChI=1S/C14H21O.C12H17O2.C10H17N2.C10H19O3.C10H17O3.C8H15O.C8H13O.7W.4Y/c1-5-11-15-13-10-8-7-9-12(13)14(3,4)6-2;1-3-8-14-12-7-5-4-6-11(12)9-10(2)13;1-3-5-6-10-8-11-9-12(10)7-4-2;2*1-3-5-6-8-10(12)9(11)7(4-2)13-8;2*1-3-4-8-6-5-7(2)9-8;;;;;;;;;;;/h7-10H,2,5-6,11H2,1,3-4H3;4-7,10,13H,2-3,8-9H2,1H3;8-9H,2-7H2,1H3;7-12H,1,3-6H2,2H3;3,5,7-12H,1,4,6H2,2H3;7-8H,2-6H2,1H3;5-8H,2-4H2,1H3;;;;;;;;;;;/q7*-1;;;;;;;;;;;/t;;;2*7-,8+,9-,10+;2*7-,8+;;;;;;;;;;;/m...1111.........../s1. The van der Waals surface area contributed by atoms with E-state index in [4.69, 9.17) is 28.4 Å². The monoisotopic (exact) mass is 2830 g/mol. The first-order valence-corrected chi connectivity index (χ1v) is 32.2. The second kappa shape index (κ2) is 78.6. The fourth-order valence-corrected chi connectivity index (χ4v) is 9.73. The summed E-state index contributed by atoms with van der Waals surface area (Å²) in [4.78, 5) is 4.13. The van der Waals surface area contributed by atoms with E-state index in [9.17, 15) is 25.5 Å². The fourth-order valence-electron chi connectivity index (χ4n) is 9.73. The summed E-state index contributed by atoms with van der Waals surface area (Å²) in [5.74, 6) is 1.87. The average molecular weight is 2830 g/mol. The van der Waals surface area contributed by atoms with Crippen LogP contribution in [-0.2, 0) is 322 Å². The molecule has 5 heterocycles. The van der Waals surface area contributed by atoms with E-state index in [0.717, 1.165) is 107 Å². The van der Waals surface area contributed by atoms with Crippen LogP contribution in [0.15, 0.2) is 85.4 Å². The number of rotatable bonds is 26. The molecule has 13 atom stereocenters. The average Bonchev–Trinajstić information content (AvgIpc) is 1.39. The predicted octanol–water partition coefficient (Wildman–Crippen LogP) is 14.3. The second-order valence-corrected chi connectivity index (χ2v) is 22.9. The van der Waals surface area contributed by atoms with Gasteiger partial charge >= 0.3 is 0 Å². The van der Waals surface area contributed by atoms with Crippen molar-refractivity contribution in [2.45, 2.75) is 282 Å². The number of hydrogen-bond donors (Lipinski definition) is 5.